The second-order valence-electron chi connectivity index (χ2n) is 3.81. The summed E-state index contributed by atoms with van der Waals surface area (Å²) < 4.78 is 5.21. The van der Waals surface area contributed by atoms with Crippen LogP contribution in [0.15, 0.2) is 24.3 Å². The van der Waals surface area contributed by atoms with E-state index in [-0.39, 0.29) is 18.3 Å². The molecule has 1 aliphatic heterocycles. The Balaban J connectivity index is 0.00000144. The third-order valence-corrected chi connectivity index (χ3v) is 2.73. The van der Waals surface area contributed by atoms with E-state index in [1.807, 2.05) is 29.2 Å². The lowest BCUT2D eigenvalue weighted by atomic mass is 10.1. The third-order valence-electron chi connectivity index (χ3n) is 2.73. The largest absolute Gasteiger partial charge is 0.378 e. The van der Waals surface area contributed by atoms with Crippen LogP contribution in [0.25, 0.3) is 0 Å². The second kappa shape index (κ2) is 6.59. The number of morpholine rings is 1. The van der Waals surface area contributed by atoms with E-state index in [1.54, 1.807) is 0 Å². The van der Waals surface area contributed by atoms with Gasteiger partial charge in [-0.1, -0.05) is 12.1 Å². The summed E-state index contributed by atoms with van der Waals surface area (Å²) in [7, 11) is 0. The number of rotatable bonds is 2. The fourth-order valence-corrected chi connectivity index (χ4v) is 1.73. The molecule has 1 aromatic carbocycles. The average molecular weight is 257 g/mol. The summed E-state index contributed by atoms with van der Waals surface area (Å²) in [6.07, 6.45) is 0. The van der Waals surface area contributed by atoms with Crippen LogP contribution in [-0.2, 0) is 11.3 Å². The van der Waals surface area contributed by atoms with E-state index in [9.17, 15) is 4.79 Å². The molecule has 0 bridgehead atoms. The minimum absolute atomic E-state index is 0. The first-order valence-corrected chi connectivity index (χ1v) is 5.47. The number of halogens is 1. The van der Waals surface area contributed by atoms with Gasteiger partial charge in [0.15, 0.2) is 0 Å². The number of hydrogen-bond donors (Lipinski definition) is 1. The number of amides is 1. The summed E-state index contributed by atoms with van der Waals surface area (Å²) in [5, 5.41) is 0. The predicted molar refractivity (Wildman–Crippen MR) is 68.3 cm³/mol. The molecule has 0 atom stereocenters. The smallest absolute Gasteiger partial charge is 0.254 e. The molecule has 0 unspecified atom stereocenters. The molecule has 0 aliphatic carbocycles. The maximum Gasteiger partial charge on any atom is 0.254 e. The van der Waals surface area contributed by atoms with Crippen LogP contribution in [0, 0.1) is 0 Å². The highest BCUT2D eigenvalue weighted by Crippen LogP contribution is 2.09. The zero-order valence-electron chi connectivity index (χ0n) is 9.59. The zero-order valence-corrected chi connectivity index (χ0v) is 10.4. The summed E-state index contributed by atoms with van der Waals surface area (Å²) in [5.41, 5.74) is 7.27. The number of nitrogens with two attached hydrogens (primary N) is 1. The van der Waals surface area contributed by atoms with Gasteiger partial charge in [-0.3, -0.25) is 4.79 Å². The molecule has 17 heavy (non-hydrogen) atoms. The Bertz CT molecular complexity index is 361. The highest BCUT2D eigenvalue weighted by Gasteiger charge is 2.17. The molecule has 1 aromatic rings. The fraction of sp³-hybridized carbons (Fsp3) is 0.417. The lowest BCUT2D eigenvalue weighted by Crippen LogP contribution is -2.40. The van der Waals surface area contributed by atoms with Crippen molar-refractivity contribution in [2.75, 3.05) is 26.3 Å². The first-order valence-electron chi connectivity index (χ1n) is 5.47. The first-order chi connectivity index (χ1) is 7.81. The van der Waals surface area contributed by atoms with Crippen LogP contribution in [0.3, 0.4) is 0 Å². The van der Waals surface area contributed by atoms with Crippen molar-refractivity contribution in [2.24, 2.45) is 5.73 Å². The summed E-state index contributed by atoms with van der Waals surface area (Å²) in [6.45, 7) is 3.13. The van der Waals surface area contributed by atoms with Gasteiger partial charge in [-0.25, -0.2) is 0 Å². The van der Waals surface area contributed by atoms with Crippen LogP contribution in [0.2, 0.25) is 0 Å². The lowest BCUT2D eigenvalue weighted by molar-refractivity contribution is 0.0303. The van der Waals surface area contributed by atoms with Crippen LogP contribution in [0.4, 0.5) is 0 Å². The van der Waals surface area contributed by atoms with Crippen LogP contribution in [0.1, 0.15) is 15.9 Å². The normalized spacial score (nSPS) is 15.2. The predicted octanol–water partition coefficient (Wildman–Crippen LogP) is 1.04. The van der Waals surface area contributed by atoms with Crippen molar-refractivity contribution in [1.82, 2.24) is 4.90 Å². The van der Waals surface area contributed by atoms with Gasteiger partial charge in [0.2, 0.25) is 0 Å². The maximum atomic E-state index is 12.0. The molecule has 5 heteroatoms. The van der Waals surface area contributed by atoms with E-state index in [2.05, 4.69) is 0 Å². The van der Waals surface area contributed by atoms with E-state index >= 15 is 0 Å². The Morgan fingerprint density at radius 2 is 1.82 bits per heavy atom. The van der Waals surface area contributed by atoms with Crippen LogP contribution in [0.5, 0.6) is 0 Å². The lowest BCUT2D eigenvalue weighted by Gasteiger charge is -2.26. The molecule has 0 spiro atoms. The number of ether oxygens (including phenoxy) is 1. The van der Waals surface area contributed by atoms with Crippen molar-refractivity contribution in [2.45, 2.75) is 6.54 Å². The minimum atomic E-state index is 0. The Morgan fingerprint density at radius 3 is 2.35 bits per heavy atom. The quantitative estimate of drug-likeness (QED) is 0.860. The SMILES string of the molecule is Cl.NCc1ccc(C(=O)N2CCOCC2)cc1. The molecular formula is C12H17ClN2O2. The van der Waals surface area contributed by atoms with Crippen molar-refractivity contribution in [3.05, 3.63) is 35.4 Å². The maximum absolute atomic E-state index is 12.0. The molecule has 1 heterocycles. The Labute approximate surface area is 107 Å². The number of carbonyl (C=O) groups is 1. The molecule has 2 N–H and O–H groups in total. The molecule has 94 valence electrons. The average Bonchev–Trinajstić information content (AvgIpc) is 2.39. The third kappa shape index (κ3) is 3.43. The molecular weight excluding hydrogens is 240 g/mol. The minimum Gasteiger partial charge on any atom is -0.378 e. The van der Waals surface area contributed by atoms with E-state index in [1.165, 1.54) is 0 Å². The van der Waals surface area contributed by atoms with Crippen LogP contribution in [-0.4, -0.2) is 37.1 Å². The van der Waals surface area contributed by atoms with Gasteiger partial charge in [0, 0.05) is 25.2 Å². The van der Waals surface area contributed by atoms with Gasteiger partial charge in [0.25, 0.3) is 5.91 Å². The van der Waals surface area contributed by atoms with Crippen molar-refractivity contribution in [1.29, 1.82) is 0 Å². The zero-order chi connectivity index (χ0) is 11.4. The van der Waals surface area contributed by atoms with Gasteiger partial charge in [-0.05, 0) is 17.7 Å². The van der Waals surface area contributed by atoms with Gasteiger partial charge < -0.3 is 15.4 Å². The van der Waals surface area contributed by atoms with Crippen LogP contribution >= 0.6 is 12.4 Å². The van der Waals surface area contributed by atoms with E-state index in [0.29, 0.717) is 32.8 Å². The van der Waals surface area contributed by atoms with E-state index in [0.717, 1.165) is 11.1 Å². The molecule has 1 fully saturated rings. The fourth-order valence-electron chi connectivity index (χ4n) is 1.73. The molecule has 0 radical (unpaired) electrons. The molecule has 0 aromatic heterocycles. The molecule has 4 nitrogen and oxygen atoms in total. The first kappa shape index (κ1) is 14.0. The van der Waals surface area contributed by atoms with Crippen molar-refractivity contribution >= 4 is 18.3 Å². The van der Waals surface area contributed by atoms with Gasteiger partial charge >= 0.3 is 0 Å². The monoisotopic (exact) mass is 256 g/mol. The second-order valence-corrected chi connectivity index (χ2v) is 3.81. The number of benzene rings is 1. The van der Waals surface area contributed by atoms with Gasteiger partial charge in [-0.15, -0.1) is 12.4 Å². The molecule has 1 saturated heterocycles. The highest BCUT2D eigenvalue weighted by atomic mass is 35.5. The molecule has 1 amide bonds. The number of nitrogens with zero attached hydrogens (tertiary/aromatic N) is 1. The van der Waals surface area contributed by atoms with Gasteiger partial charge in [-0.2, -0.15) is 0 Å². The summed E-state index contributed by atoms with van der Waals surface area (Å²) in [5.74, 6) is 0.0758. The van der Waals surface area contributed by atoms with Crippen molar-refractivity contribution in [3.8, 4) is 0 Å². The summed E-state index contributed by atoms with van der Waals surface area (Å²) in [6, 6.07) is 7.46. The van der Waals surface area contributed by atoms with Gasteiger partial charge in [0.1, 0.15) is 0 Å². The standard InChI is InChI=1S/C12H16N2O2.ClH/c13-9-10-1-3-11(4-2-10)12(15)14-5-7-16-8-6-14;/h1-4H,5-9,13H2;1H. The Hall–Kier alpha value is -1.10. The summed E-state index contributed by atoms with van der Waals surface area (Å²) >= 11 is 0. The Morgan fingerprint density at radius 1 is 1.24 bits per heavy atom. The number of hydrogen-bond acceptors (Lipinski definition) is 3. The van der Waals surface area contributed by atoms with Gasteiger partial charge in [0.05, 0.1) is 13.2 Å². The molecule has 2 rings (SSSR count). The van der Waals surface area contributed by atoms with E-state index < -0.39 is 0 Å². The number of carbonyl (C=O) groups excluding carboxylic acids is 1. The molecule has 1 aliphatic rings. The van der Waals surface area contributed by atoms with Crippen LogP contribution < -0.4 is 5.73 Å². The molecule has 0 saturated carbocycles. The topological polar surface area (TPSA) is 55.6 Å². The highest BCUT2D eigenvalue weighted by molar-refractivity contribution is 5.94. The van der Waals surface area contributed by atoms with E-state index in [4.69, 9.17) is 10.5 Å². The van der Waals surface area contributed by atoms with Crippen molar-refractivity contribution < 1.29 is 9.53 Å². The summed E-state index contributed by atoms with van der Waals surface area (Å²) in [4.78, 5) is 13.9. The Kier molecular flexibility index (Phi) is 5.41. The van der Waals surface area contributed by atoms with Crippen molar-refractivity contribution in [3.63, 3.8) is 0 Å².